The zero-order chi connectivity index (χ0) is 18.2. The van der Waals surface area contributed by atoms with Crippen molar-refractivity contribution in [2.24, 2.45) is 0 Å². The van der Waals surface area contributed by atoms with Crippen LogP contribution in [-0.2, 0) is 17.5 Å². The van der Waals surface area contributed by atoms with E-state index >= 15 is 0 Å². The van der Waals surface area contributed by atoms with Crippen LogP contribution in [0.5, 0.6) is 0 Å². The second-order valence-electron chi connectivity index (χ2n) is 6.91. The number of alkyl halides is 3. The van der Waals surface area contributed by atoms with Crippen LogP contribution in [0.15, 0.2) is 6.20 Å². The highest BCUT2D eigenvalue weighted by Crippen LogP contribution is 2.35. The lowest BCUT2D eigenvalue weighted by Gasteiger charge is -2.46. The van der Waals surface area contributed by atoms with E-state index in [1.807, 2.05) is 0 Å². The molecular formula is C16H22F3N3O3. The molecule has 0 aromatic carbocycles. The molecule has 1 aromatic rings. The molecule has 2 atom stereocenters. The normalized spacial score (nSPS) is 27.6. The lowest BCUT2D eigenvalue weighted by atomic mass is 9.82. The summed E-state index contributed by atoms with van der Waals surface area (Å²) in [4.78, 5) is 9.11. The molecular weight excluding hydrogens is 339 g/mol. The highest BCUT2D eigenvalue weighted by molar-refractivity contribution is 5.17. The van der Waals surface area contributed by atoms with Gasteiger partial charge >= 0.3 is 6.18 Å². The van der Waals surface area contributed by atoms with Gasteiger partial charge < -0.3 is 14.9 Å². The minimum atomic E-state index is -4.54. The zero-order valence-corrected chi connectivity index (χ0v) is 14.0. The maximum Gasteiger partial charge on any atom is 0.451 e. The molecule has 2 aliphatic rings. The number of hydrogen-bond donors (Lipinski definition) is 2. The van der Waals surface area contributed by atoms with Gasteiger partial charge in [-0.15, -0.1) is 0 Å². The molecule has 1 spiro atoms. The zero-order valence-electron chi connectivity index (χ0n) is 14.0. The highest BCUT2D eigenvalue weighted by Gasteiger charge is 2.43. The summed E-state index contributed by atoms with van der Waals surface area (Å²) in [6.45, 7) is 3.56. The van der Waals surface area contributed by atoms with Crippen LogP contribution in [0.4, 0.5) is 13.2 Å². The van der Waals surface area contributed by atoms with Crippen LogP contribution in [0.1, 0.15) is 36.3 Å². The van der Waals surface area contributed by atoms with E-state index < -0.39 is 29.8 Å². The van der Waals surface area contributed by atoms with E-state index in [0.717, 1.165) is 0 Å². The van der Waals surface area contributed by atoms with Crippen molar-refractivity contribution >= 4 is 0 Å². The first-order valence-corrected chi connectivity index (χ1v) is 8.31. The molecule has 9 heteroatoms. The summed E-state index contributed by atoms with van der Waals surface area (Å²) in [5, 5.41) is 19.4. The molecule has 2 saturated heterocycles. The average Bonchev–Trinajstić information content (AvgIpc) is 2.54. The molecule has 0 amide bonds. The Bertz CT molecular complexity index is 618. The Kier molecular flexibility index (Phi) is 5.02. The van der Waals surface area contributed by atoms with E-state index in [9.17, 15) is 23.4 Å². The number of aromatic nitrogens is 2. The summed E-state index contributed by atoms with van der Waals surface area (Å²) in [6.07, 6.45) is -3.09. The molecule has 2 aliphatic heterocycles. The van der Waals surface area contributed by atoms with E-state index in [-0.39, 0.29) is 6.61 Å². The lowest BCUT2D eigenvalue weighted by molar-refractivity contribution is -0.188. The maximum atomic E-state index is 12.6. The van der Waals surface area contributed by atoms with Gasteiger partial charge in [0.15, 0.2) is 0 Å². The first-order chi connectivity index (χ1) is 11.7. The fourth-order valence-electron chi connectivity index (χ4n) is 3.44. The molecule has 0 saturated carbocycles. The molecule has 0 aliphatic carbocycles. The van der Waals surface area contributed by atoms with Crippen molar-refractivity contribution in [3.05, 3.63) is 23.3 Å². The summed E-state index contributed by atoms with van der Waals surface area (Å²) >= 11 is 0. The summed E-state index contributed by atoms with van der Waals surface area (Å²) in [5.74, 6) is -1.12. The molecule has 1 aromatic heterocycles. The third-order valence-electron chi connectivity index (χ3n) is 5.08. The molecule has 140 valence electrons. The molecule has 6 nitrogen and oxygen atoms in total. The molecule has 3 rings (SSSR count). The maximum absolute atomic E-state index is 12.6. The number of halogens is 3. The number of aliphatic hydroxyl groups is 2. The van der Waals surface area contributed by atoms with Crippen molar-refractivity contribution in [3.63, 3.8) is 0 Å². The van der Waals surface area contributed by atoms with Gasteiger partial charge in [0.2, 0.25) is 5.82 Å². The predicted octanol–water partition coefficient (Wildman–Crippen LogP) is 1.28. The Morgan fingerprint density at radius 3 is 2.52 bits per heavy atom. The molecule has 0 bridgehead atoms. The van der Waals surface area contributed by atoms with Gasteiger partial charge in [-0.05, 0) is 19.8 Å². The first-order valence-electron chi connectivity index (χ1n) is 8.31. The number of likely N-dealkylation sites (tertiary alicyclic amines) is 1. The van der Waals surface area contributed by atoms with Gasteiger partial charge in [-0.3, -0.25) is 4.90 Å². The SMILES string of the molecule is Cc1nc(C(F)(F)F)ncc1CN1CCC2(CC1)C[C@@H](O)[C@@H](O)CO2. The van der Waals surface area contributed by atoms with E-state index in [4.69, 9.17) is 4.74 Å². The van der Waals surface area contributed by atoms with Gasteiger partial charge in [-0.1, -0.05) is 0 Å². The van der Waals surface area contributed by atoms with Crippen molar-refractivity contribution in [3.8, 4) is 0 Å². The minimum absolute atomic E-state index is 0.132. The van der Waals surface area contributed by atoms with Gasteiger partial charge in [-0.2, -0.15) is 13.2 Å². The summed E-state index contributed by atoms with van der Waals surface area (Å²) in [7, 11) is 0. The summed E-state index contributed by atoms with van der Waals surface area (Å²) in [5.41, 5.74) is 0.583. The van der Waals surface area contributed by atoms with Gasteiger partial charge in [-0.25, -0.2) is 9.97 Å². The second kappa shape index (κ2) is 6.79. The first kappa shape index (κ1) is 18.5. The second-order valence-corrected chi connectivity index (χ2v) is 6.91. The summed E-state index contributed by atoms with van der Waals surface area (Å²) < 4.78 is 43.7. The number of aryl methyl sites for hydroxylation is 1. The van der Waals surface area contributed by atoms with Gasteiger partial charge in [0.25, 0.3) is 0 Å². The Morgan fingerprint density at radius 2 is 1.96 bits per heavy atom. The largest absolute Gasteiger partial charge is 0.451 e. The molecule has 0 unspecified atom stereocenters. The topological polar surface area (TPSA) is 78.7 Å². The Hall–Kier alpha value is -1.29. The standard InChI is InChI=1S/C16H22F3N3O3/c1-10-11(7-20-14(21-10)16(17,18)19)8-22-4-2-15(3-5-22)6-12(23)13(24)9-25-15/h7,12-13,23-24H,2-6,8-9H2,1H3/t12-,13+/m1/s1. The van der Waals surface area contributed by atoms with Crippen LogP contribution in [0.25, 0.3) is 0 Å². The lowest BCUT2D eigenvalue weighted by Crippen LogP contribution is -2.54. The molecule has 3 heterocycles. The number of ether oxygens (including phenoxy) is 1. The third kappa shape index (κ3) is 4.11. The van der Waals surface area contributed by atoms with Crippen molar-refractivity contribution in [2.75, 3.05) is 19.7 Å². The number of piperidine rings is 1. The van der Waals surface area contributed by atoms with Crippen molar-refractivity contribution in [1.29, 1.82) is 0 Å². The Balaban J connectivity index is 1.59. The third-order valence-corrected chi connectivity index (χ3v) is 5.08. The van der Waals surface area contributed by atoms with Crippen LogP contribution in [0, 0.1) is 6.92 Å². The highest BCUT2D eigenvalue weighted by atomic mass is 19.4. The monoisotopic (exact) mass is 361 g/mol. The fraction of sp³-hybridized carbons (Fsp3) is 0.750. The van der Waals surface area contributed by atoms with Gasteiger partial charge in [0.1, 0.15) is 6.10 Å². The van der Waals surface area contributed by atoms with E-state index in [2.05, 4.69) is 14.9 Å². The smallest absolute Gasteiger partial charge is 0.390 e. The number of aliphatic hydroxyl groups excluding tert-OH is 2. The molecule has 0 radical (unpaired) electrons. The van der Waals surface area contributed by atoms with Crippen LogP contribution < -0.4 is 0 Å². The predicted molar refractivity (Wildman–Crippen MR) is 81.6 cm³/mol. The van der Waals surface area contributed by atoms with Crippen LogP contribution in [-0.4, -0.2) is 62.6 Å². The molecule has 25 heavy (non-hydrogen) atoms. The quantitative estimate of drug-likeness (QED) is 0.826. The van der Waals surface area contributed by atoms with Crippen molar-refractivity contribution in [2.45, 2.75) is 56.7 Å². The number of hydrogen-bond acceptors (Lipinski definition) is 6. The number of nitrogens with zero attached hydrogens (tertiary/aromatic N) is 3. The van der Waals surface area contributed by atoms with E-state index in [1.54, 1.807) is 6.92 Å². The number of rotatable bonds is 2. The fourth-order valence-corrected chi connectivity index (χ4v) is 3.44. The van der Waals surface area contributed by atoms with Gasteiger partial charge in [0.05, 0.1) is 18.3 Å². The minimum Gasteiger partial charge on any atom is -0.390 e. The van der Waals surface area contributed by atoms with E-state index in [0.29, 0.717) is 50.2 Å². The van der Waals surface area contributed by atoms with Gasteiger partial charge in [0, 0.05) is 43.5 Å². The molecule has 2 N–H and O–H groups in total. The summed E-state index contributed by atoms with van der Waals surface area (Å²) in [6, 6.07) is 0. The van der Waals surface area contributed by atoms with E-state index in [1.165, 1.54) is 6.20 Å². The van der Waals surface area contributed by atoms with Crippen LogP contribution in [0.2, 0.25) is 0 Å². The van der Waals surface area contributed by atoms with Crippen molar-refractivity contribution < 1.29 is 28.1 Å². The van der Waals surface area contributed by atoms with Crippen LogP contribution in [0.3, 0.4) is 0 Å². The Morgan fingerprint density at radius 1 is 1.28 bits per heavy atom. The van der Waals surface area contributed by atoms with Crippen LogP contribution >= 0.6 is 0 Å². The Labute approximate surface area is 143 Å². The molecule has 2 fully saturated rings. The van der Waals surface area contributed by atoms with Crippen molar-refractivity contribution in [1.82, 2.24) is 14.9 Å². The average molecular weight is 361 g/mol.